The number of rotatable bonds is 2. The van der Waals surface area contributed by atoms with E-state index in [9.17, 15) is 4.79 Å². The molecule has 0 aromatic carbocycles. The van der Waals surface area contributed by atoms with Gasteiger partial charge in [0.25, 0.3) is 0 Å². The zero-order valence-electron chi connectivity index (χ0n) is 7.15. The van der Waals surface area contributed by atoms with E-state index >= 15 is 0 Å². The summed E-state index contributed by atoms with van der Waals surface area (Å²) in [5.74, 6) is -0.792. The number of aliphatic hydroxyl groups is 2. The molecule has 1 unspecified atom stereocenters. The van der Waals surface area contributed by atoms with E-state index in [1.54, 1.807) is 0 Å². The fraction of sp³-hybridized carbons (Fsp3) is 0.571. The highest BCUT2D eigenvalue weighted by atomic mass is 17.1. The van der Waals surface area contributed by atoms with Gasteiger partial charge in [0.05, 0.1) is 12.7 Å². The molecule has 0 aliphatic rings. The minimum absolute atomic E-state index is 0.139. The van der Waals surface area contributed by atoms with Gasteiger partial charge in [0.1, 0.15) is 0 Å². The van der Waals surface area contributed by atoms with Crippen LogP contribution in [0.1, 0.15) is 13.8 Å². The molecule has 0 saturated heterocycles. The molecule has 0 heterocycles. The number of carbonyl (C=O) groups excluding carboxylic acids is 1. The Morgan fingerprint density at radius 1 is 1.67 bits per heavy atom. The predicted octanol–water partition coefficient (Wildman–Crippen LogP) is -0.0618. The van der Waals surface area contributed by atoms with Gasteiger partial charge in [0.2, 0.25) is 0 Å². The van der Waals surface area contributed by atoms with Gasteiger partial charge in [-0.05, 0) is 13.8 Å². The molecule has 5 heteroatoms. The molecule has 0 bridgehead atoms. The van der Waals surface area contributed by atoms with E-state index in [0.717, 1.165) is 0 Å². The van der Waals surface area contributed by atoms with Crippen LogP contribution < -0.4 is 0 Å². The monoisotopic (exact) mass is 178 g/mol. The number of aliphatic hydroxyl groups excluding tert-OH is 2. The molecule has 0 radical (unpaired) electrons. The molecule has 0 rings (SSSR count). The molecule has 3 N–H and O–H groups in total. The van der Waals surface area contributed by atoms with Crippen LogP contribution in [0.4, 0.5) is 0 Å². The van der Waals surface area contributed by atoms with Gasteiger partial charge in [-0.15, -0.1) is 0 Å². The smallest absolute Gasteiger partial charge is 0.367 e. The summed E-state index contributed by atoms with van der Waals surface area (Å²) >= 11 is 0. The third-order valence-electron chi connectivity index (χ3n) is 0.696. The molecule has 0 aliphatic heterocycles. The zero-order valence-corrected chi connectivity index (χ0v) is 7.15. The molecule has 0 aromatic rings. The summed E-state index contributed by atoms with van der Waals surface area (Å²) in [6.45, 7) is 6.02. The molecule has 1 atom stereocenters. The Balaban J connectivity index is 0. The maximum atomic E-state index is 9.94. The van der Waals surface area contributed by atoms with Crippen molar-refractivity contribution in [1.82, 2.24) is 0 Å². The Labute approximate surface area is 70.8 Å². The van der Waals surface area contributed by atoms with Crippen LogP contribution in [0.25, 0.3) is 0 Å². The first kappa shape index (κ1) is 13.7. The lowest BCUT2D eigenvalue weighted by Crippen LogP contribution is -2.03. The predicted molar refractivity (Wildman–Crippen MR) is 42.3 cm³/mol. The van der Waals surface area contributed by atoms with Gasteiger partial charge in [-0.1, -0.05) is 6.58 Å². The largest absolute Gasteiger partial charge is 0.394 e. The van der Waals surface area contributed by atoms with Gasteiger partial charge in [0.15, 0.2) is 0 Å². The fourth-order valence-corrected chi connectivity index (χ4v) is 0.0779. The summed E-state index contributed by atoms with van der Waals surface area (Å²) in [7, 11) is 0. The van der Waals surface area contributed by atoms with Crippen molar-refractivity contribution in [3.63, 3.8) is 0 Å². The number of carbonyl (C=O) groups is 1. The second kappa shape index (κ2) is 8.19. The SMILES string of the molecule is C=C(C)C(=O)OO.CC(O)CO. The van der Waals surface area contributed by atoms with Gasteiger partial charge < -0.3 is 10.2 Å². The van der Waals surface area contributed by atoms with Crippen LogP contribution in [0.3, 0.4) is 0 Å². The molecule has 0 spiro atoms. The van der Waals surface area contributed by atoms with Crippen molar-refractivity contribution in [1.29, 1.82) is 0 Å². The lowest BCUT2D eigenvalue weighted by atomic mass is 10.4. The van der Waals surface area contributed by atoms with E-state index in [-0.39, 0.29) is 12.2 Å². The quantitative estimate of drug-likeness (QED) is 0.313. The second-order valence-electron chi connectivity index (χ2n) is 2.19. The van der Waals surface area contributed by atoms with Gasteiger partial charge in [0, 0.05) is 5.57 Å². The molecule has 0 saturated carbocycles. The summed E-state index contributed by atoms with van der Waals surface area (Å²) in [6.07, 6.45) is -0.560. The summed E-state index contributed by atoms with van der Waals surface area (Å²) < 4.78 is 0. The number of hydrogen-bond acceptors (Lipinski definition) is 5. The minimum Gasteiger partial charge on any atom is -0.394 e. The highest BCUT2D eigenvalue weighted by Crippen LogP contribution is 1.86. The highest BCUT2D eigenvalue weighted by molar-refractivity contribution is 5.86. The first-order valence-corrected chi connectivity index (χ1v) is 3.25. The standard InChI is InChI=1S/C4H6O3.C3H8O2/c1-3(2)4(5)7-6;1-3(5)2-4/h6H,1H2,2H3;3-5H,2H2,1H3. The Hall–Kier alpha value is -0.910. The van der Waals surface area contributed by atoms with Crippen molar-refractivity contribution in [2.75, 3.05) is 6.61 Å². The summed E-state index contributed by atoms with van der Waals surface area (Å²) in [5, 5.41) is 23.6. The van der Waals surface area contributed by atoms with E-state index in [0.29, 0.717) is 0 Å². The van der Waals surface area contributed by atoms with Crippen molar-refractivity contribution < 1.29 is 25.2 Å². The van der Waals surface area contributed by atoms with Crippen molar-refractivity contribution >= 4 is 5.97 Å². The van der Waals surface area contributed by atoms with Gasteiger partial charge >= 0.3 is 5.97 Å². The van der Waals surface area contributed by atoms with Crippen LogP contribution in [0.5, 0.6) is 0 Å². The molecule has 0 fully saturated rings. The lowest BCUT2D eigenvalue weighted by molar-refractivity contribution is -0.229. The van der Waals surface area contributed by atoms with Crippen LogP contribution in [0.2, 0.25) is 0 Å². The third-order valence-corrected chi connectivity index (χ3v) is 0.696. The first-order chi connectivity index (χ1) is 5.45. The zero-order chi connectivity index (χ0) is 10.1. The molecule has 0 aliphatic carbocycles. The van der Waals surface area contributed by atoms with Crippen LogP contribution in [-0.2, 0) is 9.68 Å². The van der Waals surface area contributed by atoms with Crippen molar-refractivity contribution in [2.24, 2.45) is 0 Å². The molecule has 0 amide bonds. The molecule has 12 heavy (non-hydrogen) atoms. The van der Waals surface area contributed by atoms with E-state index in [2.05, 4.69) is 11.5 Å². The van der Waals surface area contributed by atoms with E-state index in [1.807, 2.05) is 0 Å². The Morgan fingerprint density at radius 3 is 2.00 bits per heavy atom. The maximum Gasteiger partial charge on any atom is 0.367 e. The van der Waals surface area contributed by atoms with Crippen molar-refractivity contribution in [2.45, 2.75) is 20.0 Å². The average molecular weight is 178 g/mol. The van der Waals surface area contributed by atoms with Crippen molar-refractivity contribution in [3.05, 3.63) is 12.2 Å². The second-order valence-corrected chi connectivity index (χ2v) is 2.19. The van der Waals surface area contributed by atoms with E-state index in [1.165, 1.54) is 13.8 Å². The van der Waals surface area contributed by atoms with Gasteiger partial charge in [-0.25, -0.2) is 4.79 Å². The summed E-state index contributed by atoms with van der Waals surface area (Å²) in [4.78, 5) is 13.2. The average Bonchev–Trinajstić information content (AvgIpc) is 2.04. The Morgan fingerprint density at radius 2 is 2.00 bits per heavy atom. The number of hydrogen-bond donors (Lipinski definition) is 3. The Bertz CT molecular complexity index is 141. The van der Waals surface area contributed by atoms with Crippen LogP contribution >= 0.6 is 0 Å². The highest BCUT2D eigenvalue weighted by Gasteiger charge is 1.98. The topological polar surface area (TPSA) is 87.0 Å². The van der Waals surface area contributed by atoms with E-state index in [4.69, 9.17) is 15.5 Å². The molecular weight excluding hydrogens is 164 g/mol. The fourth-order valence-electron chi connectivity index (χ4n) is 0.0779. The Kier molecular flexibility index (Phi) is 9.32. The van der Waals surface area contributed by atoms with Gasteiger partial charge in [-0.3, -0.25) is 4.89 Å². The maximum absolute atomic E-state index is 9.94. The van der Waals surface area contributed by atoms with E-state index < -0.39 is 12.1 Å². The van der Waals surface area contributed by atoms with Gasteiger partial charge in [-0.2, -0.15) is 5.26 Å². The summed E-state index contributed by atoms with van der Waals surface area (Å²) in [5.41, 5.74) is 0.183. The molecule has 72 valence electrons. The molecule has 5 nitrogen and oxygen atoms in total. The van der Waals surface area contributed by atoms with Crippen LogP contribution in [-0.4, -0.2) is 34.2 Å². The first-order valence-electron chi connectivity index (χ1n) is 3.25. The third kappa shape index (κ3) is 11.8. The minimum atomic E-state index is -0.792. The normalized spacial score (nSPS) is 10.8. The molecule has 0 aromatic heterocycles. The van der Waals surface area contributed by atoms with Crippen molar-refractivity contribution in [3.8, 4) is 0 Å². The summed E-state index contributed by atoms with van der Waals surface area (Å²) in [6, 6.07) is 0. The lowest BCUT2D eigenvalue weighted by Gasteiger charge is -1.90. The van der Waals surface area contributed by atoms with Crippen LogP contribution in [0.15, 0.2) is 12.2 Å². The van der Waals surface area contributed by atoms with Crippen LogP contribution in [0, 0.1) is 0 Å². The molecular formula is C7H14O5.